The SMILES string of the molecule is CCc1ccc(CSSC)cc1. The molecule has 0 fully saturated rings. The third kappa shape index (κ3) is 3.11. The molecule has 0 aliphatic heterocycles. The number of benzene rings is 1. The van der Waals surface area contributed by atoms with Crippen molar-refractivity contribution in [1.29, 1.82) is 0 Å². The lowest BCUT2D eigenvalue weighted by Gasteiger charge is -2.00. The maximum Gasteiger partial charge on any atom is 0.0288 e. The van der Waals surface area contributed by atoms with Gasteiger partial charge in [-0.05, 0) is 23.8 Å². The standard InChI is InChI=1S/C10H14S2/c1-3-9-4-6-10(7-5-9)8-12-11-2/h4-7H,3,8H2,1-2H3. The van der Waals surface area contributed by atoms with Crippen molar-refractivity contribution < 1.29 is 0 Å². The van der Waals surface area contributed by atoms with E-state index in [0.29, 0.717) is 0 Å². The van der Waals surface area contributed by atoms with Gasteiger partial charge in [-0.25, -0.2) is 0 Å². The molecule has 0 bridgehead atoms. The molecule has 0 aliphatic rings. The summed E-state index contributed by atoms with van der Waals surface area (Å²) in [6.07, 6.45) is 3.25. The summed E-state index contributed by atoms with van der Waals surface area (Å²) in [4.78, 5) is 0. The molecule has 0 atom stereocenters. The van der Waals surface area contributed by atoms with Crippen LogP contribution in [0, 0.1) is 0 Å². The van der Waals surface area contributed by atoms with Crippen molar-refractivity contribution in [3.8, 4) is 0 Å². The zero-order valence-corrected chi connectivity index (χ0v) is 9.17. The molecule has 0 aromatic heterocycles. The Labute approximate surface area is 82.5 Å². The zero-order chi connectivity index (χ0) is 8.81. The average Bonchev–Trinajstić information content (AvgIpc) is 2.15. The molecule has 0 saturated carbocycles. The van der Waals surface area contributed by atoms with Crippen LogP contribution in [0.5, 0.6) is 0 Å². The van der Waals surface area contributed by atoms with E-state index in [0.717, 1.165) is 12.2 Å². The van der Waals surface area contributed by atoms with Crippen molar-refractivity contribution in [2.75, 3.05) is 6.26 Å². The molecule has 0 saturated heterocycles. The predicted molar refractivity (Wildman–Crippen MR) is 60.6 cm³/mol. The Morgan fingerprint density at radius 2 is 1.67 bits per heavy atom. The Morgan fingerprint density at radius 1 is 1.08 bits per heavy atom. The van der Waals surface area contributed by atoms with E-state index in [2.05, 4.69) is 37.4 Å². The first-order valence-corrected chi connectivity index (χ1v) is 6.83. The summed E-state index contributed by atoms with van der Waals surface area (Å²) in [5, 5.41) is 0. The van der Waals surface area contributed by atoms with Gasteiger partial charge in [0.25, 0.3) is 0 Å². The van der Waals surface area contributed by atoms with E-state index in [9.17, 15) is 0 Å². The molecule has 0 spiro atoms. The monoisotopic (exact) mass is 198 g/mol. The largest absolute Gasteiger partial charge is 0.0973 e. The maximum atomic E-state index is 2.22. The summed E-state index contributed by atoms with van der Waals surface area (Å²) in [7, 11) is 3.71. The van der Waals surface area contributed by atoms with Gasteiger partial charge in [-0.1, -0.05) is 52.8 Å². The molecule has 0 radical (unpaired) electrons. The second kappa shape index (κ2) is 5.55. The lowest BCUT2D eigenvalue weighted by atomic mass is 10.1. The highest BCUT2D eigenvalue weighted by atomic mass is 33.1. The second-order valence-corrected chi connectivity index (χ2v) is 5.16. The zero-order valence-electron chi connectivity index (χ0n) is 7.54. The molecule has 12 heavy (non-hydrogen) atoms. The minimum absolute atomic E-state index is 1.12. The molecule has 1 aromatic carbocycles. The smallest absolute Gasteiger partial charge is 0.0288 e. The van der Waals surface area contributed by atoms with Crippen LogP contribution in [0.2, 0.25) is 0 Å². The molecular weight excluding hydrogens is 184 g/mol. The number of aryl methyl sites for hydroxylation is 1. The highest BCUT2D eigenvalue weighted by molar-refractivity contribution is 8.76. The number of hydrogen-bond donors (Lipinski definition) is 0. The van der Waals surface area contributed by atoms with Gasteiger partial charge in [0.1, 0.15) is 0 Å². The van der Waals surface area contributed by atoms with E-state index in [1.165, 1.54) is 11.1 Å². The molecule has 0 N–H and O–H groups in total. The third-order valence-corrected chi connectivity index (χ3v) is 3.52. The average molecular weight is 198 g/mol. The van der Waals surface area contributed by atoms with E-state index in [1.807, 2.05) is 21.6 Å². The Morgan fingerprint density at radius 3 is 2.17 bits per heavy atom. The van der Waals surface area contributed by atoms with Crippen LogP contribution >= 0.6 is 21.6 Å². The quantitative estimate of drug-likeness (QED) is 0.676. The van der Waals surface area contributed by atoms with Crippen molar-refractivity contribution in [2.45, 2.75) is 19.1 Å². The molecule has 66 valence electrons. The molecule has 0 aliphatic carbocycles. The van der Waals surface area contributed by atoms with Crippen LogP contribution in [0.15, 0.2) is 24.3 Å². The Kier molecular flexibility index (Phi) is 4.62. The van der Waals surface area contributed by atoms with Crippen LogP contribution < -0.4 is 0 Å². The van der Waals surface area contributed by atoms with Gasteiger partial charge < -0.3 is 0 Å². The van der Waals surface area contributed by atoms with Gasteiger partial charge in [-0.2, -0.15) is 0 Å². The van der Waals surface area contributed by atoms with Crippen LogP contribution in [-0.2, 0) is 12.2 Å². The van der Waals surface area contributed by atoms with Gasteiger partial charge in [-0.15, -0.1) is 0 Å². The molecule has 0 unspecified atom stereocenters. The van der Waals surface area contributed by atoms with Crippen LogP contribution in [0.4, 0.5) is 0 Å². The fourth-order valence-electron chi connectivity index (χ4n) is 0.998. The fourth-order valence-corrected chi connectivity index (χ4v) is 2.21. The van der Waals surface area contributed by atoms with Gasteiger partial charge in [0.15, 0.2) is 0 Å². The van der Waals surface area contributed by atoms with Crippen molar-refractivity contribution >= 4 is 21.6 Å². The summed E-state index contributed by atoms with van der Waals surface area (Å²) in [6, 6.07) is 8.89. The molecule has 0 amide bonds. The molecule has 2 heteroatoms. The summed E-state index contributed by atoms with van der Waals surface area (Å²) >= 11 is 0. The summed E-state index contributed by atoms with van der Waals surface area (Å²) in [6.45, 7) is 2.19. The Balaban J connectivity index is 2.53. The van der Waals surface area contributed by atoms with Gasteiger partial charge in [0, 0.05) is 5.75 Å². The first-order valence-electron chi connectivity index (χ1n) is 4.10. The van der Waals surface area contributed by atoms with Crippen LogP contribution in [-0.4, -0.2) is 6.26 Å². The second-order valence-electron chi connectivity index (χ2n) is 2.60. The topological polar surface area (TPSA) is 0 Å². The van der Waals surface area contributed by atoms with E-state index in [1.54, 1.807) is 0 Å². The maximum absolute atomic E-state index is 2.22. The van der Waals surface area contributed by atoms with Gasteiger partial charge in [0.2, 0.25) is 0 Å². The van der Waals surface area contributed by atoms with Crippen molar-refractivity contribution in [2.24, 2.45) is 0 Å². The highest BCUT2D eigenvalue weighted by Gasteiger charge is 1.92. The van der Waals surface area contributed by atoms with Crippen LogP contribution in [0.3, 0.4) is 0 Å². The summed E-state index contributed by atoms with van der Waals surface area (Å²) in [5.41, 5.74) is 2.85. The van der Waals surface area contributed by atoms with Gasteiger partial charge in [0.05, 0.1) is 0 Å². The van der Waals surface area contributed by atoms with Crippen LogP contribution in [0.1, 0.15) is 18.1 Å². The normalized spacial score (nSPS) is 10.2. The minimum atomic E-state index is 1.12. The third-order valence-electron chi connectivity index (χ3n) is 1.77. The number of hydrogen-bond acceptors (Lipinski definition) is 2. The Hall–Kier alpha value is -0.0800. The van der Waals surface area contributed by atoms with Crippen molar-refractivity contribution in [3.05, 3.63) is 35.4 Å². The number of rotatable bonds is 4. The molecular formula is C10H14S2. The first kappa shape index (κ1) is 10.0. The molecule has 1 aromatic rings. The van der Waals surface area contributed by atoms with E-state index < -0.39 is 0 Å². The van der Waals surface area contributed by atoms with Gasteiger partial charge in [-0.3, -0.25) is 0 Å². The molecule has 1 rings (SSSR count). The Bertz CT molecular complexity index is 216. The van der Waals surface area contributed by atoms with E-state index in [-0.39, 0.29) is 0 Å². The van der Waals surface area contributed by atoms with E-state index >= 15 is 0 Å². The summed E-state index contributed by atoms with van der Waals surface area (Å²) < 4.78 is 0. The highest BCUT2D eigenvalue weighted by Crippen LogP contribution is 2.22. The van der Waals surface area contributed by atoms with E-state index in [4.69, 9.17) is 0 Å². The van der Waals surface area contributed by atoms with Crippen molar-refractivity contribution in [3.63, 3.8) is 0 Å². The first-order chi connectivity index (χ1) is 5.86. The van der Waals surface area contributed by atoms with Crippen LogP contribution in [0.25, 0.3) is 0 Å². The lowest BCUT2D eigenvalue weighted by Crippen LogP contribution is -1.81. The molecule has 0 heterocycles. The fraction of sp³-hybridized carbons (Fsp3) is 0.400. The molecule has 0 nitrogen and oxygen atoms in total. The van der Waals surface area contributed by atoms with Crippen molar-refractivity contribution in [1.82, 2.24) is 0 Å². The predicted octanol–water partition coefficient (Wildman–Crippen LogP) is 3.76. The minimum Gasteiger partial charge on any atom is -0.0973 e. The van der Waals surface area contributed by atoms with Gasteiger partial charge >= 0.3 is 0 Å². The summed E-state index contributed by atoms with van der Waals surface area (Å²) in [5.74, 6) is 1.12. The lowest BCUT2D eigenvalue weighted by molar-refractivity contribution is 1.13.